The molecule has 0 spiro atoms. The van der Waals surface area contributed by atoms with Crippen LogP contribution >= 0.6 is 0 Å². The molecule has 69 heavy (non-hydrogen) atoms. The highest BCUT2D eigenvalue weighted by molar-refractivity contribution is 5.99. The van der Waals surface area contributed by atoms with Gasteiger partial charge in [-0.15, -0.1) is 0 Å². The van der Waals surface area contributed by atoms with E-state index in [9.17, 15) is 68.1 Å². The van der Waals surface area contributed by atoms with E-state index >= 15 is 0 Å². The van der Waals surface area contributed by atoms with Gasteiger partial charge in [0.1, 0.15) is 48.3 Å². The number of carboxylic acids is 2. The number of hydrogen-bond donors (Lipinski definition) is 12. The second-order valence-corrected chi connectivity index (χ2v) is 18.7. The summed E-state index contributed by atoms with van der Waals surface area (Å²) in [6.07, 6.45) is -0.771. The quantitative estimate of drug-likeness (QED) is 0.0326. The lowest BCUT2D eigenvalue weighted by molar-refractivity contribution is -0.145. The third-order valence-electron chi connectivity index (χ3n) is 11.7. The summed E-state index contributed by atoms with van der Waals surface area (Å²) in [4.78, 5) is 147. The summed E-state index contributed by atoms with van der Waals surface area (Å²) in [5.74, 6) is -10.4. The molecule has 0 aromatic heterocycles. The van der Waals surface area contributed by atoms with Gasteiger partial charge >= 0.3 is 11.9 Å². The molecule has 2 rings (SSSR count). The number of primary amides is 1. The van der Waals surface area contributed by atoms with E-state index in [4.69, 9.17) is 17.2 Å². The van der Waals surface area contributed by atoms with Gasteiger partial charge in [0.15, 0.2) is 0 Å². The fourth-order valence-electron chi connectivity index (χ4n) is 8.17. The Bertz CT molecular complexity index is 1850. The number of carbonyl (C=O) groups excluding carboxylic acids is 9. The van der Waals surface area contributed by atoms with Crippen molar-refractivity contribution in [3.05, 3.63) is 0 Å². The van der Waals surface area contributed by atoms with Gasteiger partial charge in [0, 0.05) is 19.5 Å². The lowest BCUT2D eigenvalue weighted by atomic mass is 10.0. The third-order valence-corrected chi connectivity index (χ3v) is 11.7. The van der Waals surface area contributed by atoms with E-state index in [-0.39, 0.29) is 57.0 Å². The Kier molecular flexibility index (Phi) is 24.5. The molecule has 10 atom stereocenters. The molecule has 2 heterocycles. The van der Waals surface area contributed by atoms with Crippen molar-refractivity contribution in [1.82, 2.24) is 41.7 Å². The first-order chi connectivity index (χ1) is 32.3. The summed E-state index contributed by atoms with van der Waals surface area (Å²) in [5, 5.41) is 44.2. The fraction of sp³-hybridized carbons (Fsp3) is 0.750. The highest BCUT2D eigenvalue weighted by Crippen LogP contribution is 2.22. The first-order valence-electron chi connectivity index (χ1n) is 23.6. The number of unbranched alkanes of at least 4 members (excludes halogenated alkanes) is 1. The summed E-state index contributed by atoms with van der Waals surface area (Å²) in [6, 6.07) is -11.9. The number of nitrogens with zero attached hydrogens (tertiary/aromatic N) is 2. The molecule has 2 fully saturated rings. The lowest BCUT2D eigenvalue weighted by Gasteiger charge is -2.31. The second kappa shape index (κ2) is 28.5. The number of rotatable bonds is 29. The van der Waals surface area contributed by atoms with Gasteiger partial charge in [-0.05, 0) is 96.4 Å². The molecule has 0 bridgehead atoms. The van der Waals surface area contributed by atoms with Crippen LogP contribution in [-0.4, -0.2) is 170 Å². The Morgan fingerprint density at radius 1 is 0.609 bits per heavy atom. The monoisotopic (exact) mass is 982 g/mol. The van der Waals surface area contributed by atoms with E-state index in [1.165, 1.54) is 18.7 Å². The van der Waals surface area contributed by atoms with Gasteiger partial charge in [-0.1, -0.05) is 27.7 Å². The molecule has 25 heteroatoms. The van der Waals surface area contributed by atoms with Gasteiger partial charge in [0.05, 0.1) is 18.6 Å². The third kappa shape index (κ3) is 19.2. The largest absolute Gasteiger partial charge is 0.481 e. The minimum Gasteiger partial charge on any atom is -0.481 e. The summed E-state index contributed by atoms with van der Waals surface area (Å²) in [5.41, 5.74) is 16.9. The van der Waals surface area contributed by atoms with Gasteiger partial charge in [0.2, 0.25) is 53.2 Å². The van der Waals surface area contributed by atoms with Crippen molar-refractivity contribution >= 4 is 65.1 Å². The molecule has 0 saturated carbocycles. The van der Waals surface area contributed by atoms with Crippen LogP contribution in [0.2, 0.25) is 0 Å². The Hall–Kier alpha value is -5.95. The van der Waals surface area contributed by atoms with E-state index < -0.39 is 145 Å². The van der Waals surface area contributed by atoms with E-state index in [0.29, 0.717) is 32.2 Å². The van der Waals surface area contributed by atoms with Crippen LogP contribution in [0.25, 0.3) is 0 Å². The number of nitrogens with one attached hydrogen (secondary N) is 6. The number of nitrogens with two attached hydrogens (primary N) is 3. The van der Waals surface area contributed by atoms with Crippen LogP contribution in [0.4, 0.5) is 0 Å². The zero-order chi connectivity index (χ0) is 52.3. The minimum absolute atomic E-state index is 0.0319. The Labute approximate surface area is 401 Å². The summed E-state index contributed by atoms with van der Waals surface area (Å²) < 4.78 is 0. The molecule has 0 aromatic carbocycles. The highest BCUT2D eigenvalue weighted by Gasteiger charge is 2.42. The van der Waals surface area contributed by atoms with Crippen molar-refractivity contribution in [2.24, 2.45) is 29.0 Å². The van der Waals surface area contributed by atoms with Gasteiger partial charge in [-0.3, -0.25) is 47.9 Å². The van der Waals surface area contributed by atoms with Gasteiger partial charge in [-0.25, -0.2) is 4.79 Å². The predicted molar refractivity (Wildman–Crippen MR) is 247 cm³/mol. The normalized spacial score (nSPS) is 19.2. The second-order valence-electron chi connectivity index (χ2n) is 18.7. The zero-order valence-electron chi connectivity index (χ0n) is 40.5. The topological polar surface area (TPSA) is 405 Å². The Morgan fingerprint density at radius 2 is 1.13 bits per heavy atom. The minimum atomic E-state index is -1.58. The maximum atomic E-state index is 14.0. The molecule has 0 radical (unpaired) electrons. The van der Waals surface area contributed by atoms with Crippen LogP contribution in [0.15, 0.2) is 0 Å². The van der Waals surface area contributed by atoms with Crippen molar-refractivity contribution in [2.75, 3.05) is 19.6 Å². The predicted octanol–water partition coefficient (Wildman–Crippen LogP) is -3.35. The number of likely N-dealkylation sites (tertiary alicyclic amines) is 2. The zero-order valence-corrected chi connectivity index (χ0v) is 40.5. The molecule has 2 saturated heterocycles. The summed E-state index contributed by atoms with van der Waals surface area (Å²) in [6.45, 7) is 10.2. The maximum absolute atomic E-state index is 14.0. The van der Waals surface area contributed by atoms with Crippen LogP contribution in [0.3, 0.4) is 0 Å². The number of aliphatic hydroxyl groups excluding tert-OH is 1. The van der Waals surface area contributed by atoms with Crippen LogP contribution in [0.5, 0.6) is 0 Å². The van der Waals surface area contributed by atoms with Crippen LogP contribution in [0.1, 0.15) is 119 Å². The summed E-state index contributed by atoms with van der Waals surface area (Å²) >= 11 is 0. The van der Waals surface area contributed by atoms with Gasteiger partial charge in [-0.2, -0.15) is 0 Å². The van der Waals surface area contributed by atoms with Crippen molar-refractivity contribution < 1.29 is 68.1 Å². The molecule has 0 unspecified atom stereocenters. The van der Waals surface area contributed by atoms with Crippen LogP contribution in [0, 0.1) is 11.8 Å². The fourth-order valence-corrected chi connectivity index (χ4v) is 8.17. The molecule has 390 valence electrons. The standard InChI is InChI=1S/C44H75N11O14/c1-22(2)19-26(46)36(60)53-35(25(6)56)41(65)49-27(14-15-34(58)59)37(61)48-24(5)42(66)54-17-9-12-31(54)40(64)51-29(20-23(3)4)38(62)52-30(21-33(47)57)43(67)55-18-10-13-32(55)39(63)50-28(44(68)69)11-7-8-16-45/h22-32,35,56H,7-21,45-46H2,1-6H3,(H2,47,57)(H,48,61)(H,49,65)(H,50,63)(H,51,64)(H,52,62)(H,53,60)(H,58,59)(H,68,69)/t24-,25+,26-,27-,28-,29-,30-,31-,32-,35-/m0/s1. The number of amides is 9. The molecule has 9 amide bonds. The highest BCUT2D eigenvalue weighted by atomic mass is 16.4. The van der Waals surface area contributed by atoms with E-state index in [2.05, 4.69) is 31.9 Å². The Morgan fingerprint density at radius 3 is 1.62 bits per heavy atom. The summed E-state index contributed by atoms with van der Waals surface area (Å²) in [7, 11) is 0. The SMILES string of the molecule is CC(C)C[C@H](NC(=O)[C@@H]1CCCN1C(=O)[C@H](C)NC(=O)[C@H](CCC(=O)O)NC(=O)[C@@H](NC(=O)[C@@H](N)CC(C)C)[C@@H](C)O)C(=O)N[C@@H](CC(N)=O)C(=O)N1CCC[C@H]1C(=O)N[C@@H](CCCCN)C(=O)O. The number of carboxylic acid groups (broad SMARTS) is 2. The first kappa shape index (κ1) is 59.2. The average molecular weight is 982 g/mol. The molecule has 15 N–H and O–H groups in total. The number of hydrogen-bond acceptors (Lipinski definition) is 14. The average Bonchev–Trinajstić information content (AvgIpc) is 3.96. The molecular formula is C44H75N11O14. The molecule has 2 aliphatic heterocycles. The van der Waals surface area contributed by atoms with Gasteiger partial charge in [0.25, 0.3) is 0 Å². The van der Waals surface area contributed by atoms with E-state index in [0.717, 1.165) is 4.90 Å². The first-order valence-corrected chi connectivity index (χ1v) is 23.6. The van der Waals surface area contributed by atoms with Crippen molar-refractivity contribution in [1.29, 1.82) is 0 Å². The van der Waals surface area contributed by atoms with Gasteiger partial charge < -0.3 is 74.2 Å². The molecule has 0 aromatic rings. The lowest BCUT2D eigenvalue weighted by Crippen LogP contribution is -2.61. The number of aliphatic carboxylic acids is 2. The van der Waals surface area contributed by atoms with Crippen LogP contribution < -0.4 is 49.1 Å². The maximum Gasteiger partial charge on any atom is 0.326 e. The van der Waals surface area contributed by atoms with E-state index in [1.54, 1.807) is 13.8 Å². The molecular weight excluding hydrogens is 907 g/mol. The van der Waals surface area contributed by atoms with Crippen molar-refractivity contribution in [3.8, 4) is 0 Å². The van der Waals surface area contributed by atoms with Crippen molar-refractivity contribution in [3.63, 3.8) is 0 Å². The molecule has 0 aliphatic carbocycles. The Balaban J connectivity index is 2.24. The van der Waals surface area contributed by atoms with Crippen molar-refractivity contribution in [2.45, 2.75) is 179 Å². The smallest absolute Gasteiger partial charge is 0.326 e. The van der Waals surface area contributed by atoms with E-state index in [1.807, 2.05) is 13.8 Å². The molecule has 25 nitrogen and oxygen atoms in total. The number of carbonyl (C=O) groups is 11. The number of aliphatic hydroxyl groups is 1. The molecule has 2 aliphatic rings. The van der Waals surface area contributed by atoms with Crippen LogP contribution in [-0.2, 0) is 52.7 Å².